The summed E-state index contributed by atoms with van der Waals surface area (Å²) in [6.07, 6.45) is 1.47. The predicted octanol–water partition coefficient (Wildman–Crippen LogP) is 3.82. The maximum atomic E-state index is 14.4. The minimum atomic E-state index is -0.299. The Labute approximate surface area is 167 Å². The molecule has 0 unspecified atom stereocenters. The van der Waals surface area contributed by atoms with Crippen molar-refractivity contribution >= 4 is 40.0 Å². The Hall–Kier alpha value is -2.78. The van der Waals surface area contributed by atoms with Gasteiger partial charge in [-0.05, 0) is 31.1 Å². The molecule has 0 spiro atoms. The highest BCUT2D eigenvalue weighted by atomic mass is 32.2. The molecule has 3 aromatic rings. The van der Waals surface area contributed by atoms with Crippen molar-refractivity contribution < 1.29 is 13.9 Å². The Morgan fingerprint density at radius 3 is 2.39 bits per heavy atom. The molecule has 0 aliphatic heterocycles. The van der Waals surface area contributed by atoms with Gasteiger partial charge in [-0.25, -0.2) is 14.4 Å². The van der Waals surface area contributed by atoms with Crippen LogP contribution in [0.25, 0.3) is 10.9 Å². The third-order valence-corrected chi connectivity index (χ3v) is 4.87. The second-order valence-corrected chi connectivity index (χ2v) is 7.12. The van der Waals surface area contributed by atoms with Crippen molar-refractivity contribution in [2.24, 2.45) is 0 Å². The van der Waals surface area contributed by atoms with E-state index in [0.717, 1.165) is 11.1 Å². The van der Waals surface area contributed by atoms with E-state index in [9.17, 15) is 4.39 Å². The number of nitrogens with one attached hydrogen (secondary N) is 2. The number of ether oxygens (including phenoxy) is 2. The lowest BCUT2D eigenvalue weighted by molar-refractivity contribution is 0.356. The molecular formula is C19H22FN5O2S. The van der Waals surface area contributed by atoms with E-state index >= 15 is 0 Å². The van der Waals surface area contributed by atoms with Crippen LogP contribution in [0.15, 0.2) is 35.5 Å². The zero-order chi connectivity index (χ0) is 20.3. The topological polar surface area (TPSA) is 71.5 Å². The number of benzene rings is 2. The maximum Gasteiger partial charge on any atom is 0.162 e. The lowest BCUT2D eigenvalue weighted by Gasteiger charge is -2.20. The number of anilines is 3. The zero-order valence-electron chi connectivity index (χ0n) is 16.3. The minimum absolute atomic E-state index is 0.299. The number of aromatic nitrogens is 2. The van der Waals surface area contributed by atoms with Crippen LogP contribution in [0.5, 0.6) is 11.5 Å². The molecule has 7 nitrogen and oxygen atoms in total. The first-order valence-electron chi connectivity index (χ1n) is 8.46. The van der Waals surface area contributed by atoms with Gasteiger partial charge in [0.25, 0.3) is 0 Å². The number of rotatable bonds is 7. The van der Waals surface area contributed by atoms with Gasteiger partial charge in [-0.1, -0.05) is 0 Å². The molecule has 0 radical (unpaired) electrons. The fourth-order valence-electron chi connectivity index (χ4n) is 2.81. The first-order valence-corrected chi connectivity index (χ1v) is 9.28. The van der Waals surface area contributed by atoms with Crippen molar-refractivity contribution in [1.29, 1.82) is 0 Å². The van der Waals surface area contributed by atoms with Gasteiger partial charge >= 0.3 is 0 Å². The molecule has 9 heteroatoms. The third-order valence-electron chi connectivity index (χ3n) is 4.14. The molecule has 28 heavy (non-hydrogen) atoms. The number of halogens is 1. The molecular weight excluding hydrogens is 381 g/mol. The van der Waals surface area contributed by atoms with E-state index in [2.05, 4.69) is 20.0 Å². The van der Waals surface area contributed by atoms with E-state index in [-0.39, 0.29) is 5.82 Å². The molecule has 0 saturated carbocycles. The van der Waals surface area contributed by atoms with E-state index in [1.54, 1.807) is 33.4 Å². The summed E-state index contributed by atoms with van der Waals surface area (Å²) in [5.74, 6) is 1.45. The normalized spacial score (nSPS) is 10.8. The quantitative estimate of drug-likeness (QED) is 0.577. The number of nitrogens with zero attached hydrogens (tertiary/aromatic N) is 3. The van der Waals surface area contributed by atoms with E-state index in [1.165, 1.54) is 24.3 Å². The smallest absolute Gasteiger partial charge is 0.162 e. The Morgan fingerprint density at radius 2 is 1.75 bits per heavy atom. The molecule has 2 aromatic carbocycles. The minimum Gasteiger partial charge on any atom is -0.493 e. The molecule has 2 N–H and O–H groups in total. The fraction of sp³-hybridized carbons (Fsp3) is 0.263. The summed E-state index contributed by atoms with van der Waals surface area (Å²) in [5, 5.41) is 4.08. The number of hydrogen-bond acceptors (Lipinski definition) is 8. The van der Waals surface area contributed by atoms with Gasteiger partial charge in [0.15, 0.2) is 11.5 Å². The van der Waals surface area contributed by atoms with Crippen LogP contribution in [-0.4, -0.2) is 45.3 Å². The highest BCUT2D eigenvalue weighted by molar-refractivity contribution is 7.97. The number of hydrogen-bond donors (Lipinski definition) is 2. The summed E-state index contributed by atoms with van der Waals surface area (Å²) in [6.45, 7) is 0. The SMILES string of the molecule is CNSc1cc(Nc2ncnc3cc(OC)c(OC)cc23)c(N(C)C)cc1F. The Kier molecular flexibility index (Phi) is 6.05. The van der Waals surface area contributed by atoms with Gasteiger partial charge in [0, 0.05) is 31.6 Å². The molecule has 0 aliphatic rings. The second-order valence-electron chi connectivity index (χ2n) is 6.07. The standard InChI is InChI=1S/C19H22FN5O2S/c1-21-28-18-9-14(15(25(2)3)7-12(18)20)24-19-11-6-16(26-4)17(27-5)8-13(11)22-10-23-19/h6-10,21H,1-5H3,(H,22,23,24). The van der Waals surface area contributed by atoms with E-state index < -0.39 is 0 Å². The lowest BCUT2D eigenvalue weighted by atomic mass is 10.2. The van der Waals surface area contributed by atoms with Crippen molar-refractivity contribution in [3.63, 3.8) is 0 Å². The van der Waals surface area contributed by atoms with Gasteiger partial charge in [0.1, 0.15) is 18.0 Å². The average molecular weight is 403 g/mol. The summed E-state index contributed by atoms with van der Waals surface area (Å²) in [5.41, 5.74) is 2.12. The predicted molar refractivity (Wildman–Crippen MR) is 112 cm³/mol. The Bertz CT molecular complexity index is 1000. The maximum absolute atomic E-state index is 14.4. The summed E-state index contributed by atoms with van der Waals surface area (Å²) < 4.78 is 28.0. The molecule has 3 rings (SSSR count). The van der Waals surface area contributed by atoms with Crippen LogP contribution in [0.3, 0.4) is 0 Å². The van der Waals surface area contributed by atoms with E-state index in [4.69, 9.17) is 9.47 Å². The highest BCUT2D eigenvalue weighted by Gasteiger charge is 2.15. The van der Waals surface area contributed by atoms with Crippen LogP contribution < -0.4 is 24.4 Å². The van der Waals surface area contributed by atoms with Crippen molar-refractivity contribution in [3.05, 3.63) is 36.4 Å². The second kappa shape index (κ2) is 8.49. The molecule has 148 valence electrons. The van der Waals surface area contributed by atoms with Crippen molar-refractivity contribution in [2.45, 2.75) is 4.90 Å². The van der Waals surface area contributed by atoms with Crippen molar-refractivity contribution in [2.75, 3.05) is 45.6 Å². The Balaban J connectivity index is 2.13. The average Bonchev–Trinajstić information content (AvgIpc) is 2.69. The van der Waals surface area contributed by atoms with Crippen LogP contribution in [0.4, 0.5) is 21.6 Å². The van der Waals surface area contributed by atoms with Crippen LogP contribution >= 0.6 is 11.9 Å². The zero-order valence-corrected chi connectivity index (χ0v) is 17.1. The van der Waals surface area contributed by atoms with Crippen molar-refractivity contribution in [3.8, 4) is 11.5 Å². The van der Waals surface area contributed by atoms with Gasteiger partial charge < -0.3 is 19.7 Å². The molecule has 0 aliphatic carbocycles. The monoisotopic (exact) mass is 403 g/mol. The van der Waals surface area contributed by atoms with Gasteiger partial charge in [-0.2, -0.15) is 0 Å². The summed E-state index contributed by atoms with van der Waals surface area (Å²) in [7, 11) is 8.61. The number of fused-ring (bicyclic) bond motifs is 1. The number of methoxy groups -OCH3 is 2. The fourth-order valence-corrected chi connectivity index (χ4v) is 3.36. The summed E-state index contributed by atoms with van der Waals surface area (Å²) in [4.78, 5) is 11.0. The first kappa shape index (κ1) is 20.0. The van der Waals surface area contributed by atoms with Gasteiger partial charge in [-0.15, -0.1) is 0 Å². The molecule has 0 fully saturated rings. The highest BCUT2D eigenvalue weighted by Crippen LogP contribution is 2.37. The molecule has 1 heterocycles. The van der Waals surface area contributed by atoms with Gasteiger partial charge in [-0.3, -0.25) is 4.72 Å². The largest absolute Gasteiger partial charge is 0.493 e. The van der Waals surface area contributed by atoms with Crippen LogP contribution in [0.2, 0.25) is 0 Å². The first-order chi connectivity index (χ1) is 13.5. The van der Waals surface area contributed by atoms with Gasteiger partial charge in [0.05, 0.1) is 36.0 Å². The van der Waals surface area contributed by atoms with Crippen LogP contribution in [0.1, 0.15) is 0 Å². The molecule has 0 atom stereocenters. The van der Waals surface area contributed by atoms with Gasteiger partial charge in [0.2, 0.25) is 0 Å². The molecule has 0 bridgehead atoms. The van der Waals surface area contributed by atoms with Crippen molar-refractivity contribution in [1.82, 2.24) is 14.7 Å². The molecule has 0 saturated heterocycles. The third kappa shape index (κ3) is 3.90. The van der Waals surface area contributed by atoms with Crippen LogP contribution in [-0.2, 0) is 0 Å². The summed E-state index contributed by atoms with van der Waals surface area (Å²) >= 11 is 1.21. The molecule has 1 aromatic heterocycles. The lowest BCUT2D eigenvalue weighted by Crippen LogP contribution is -2.12. The van der Waals surface area contributed by atoms with E-state index in [0.29, 0.717) is 33.4 Å². The molecule has 0 amide bonds. The van der Waals surface area contributed by atoms with E-state index in [1.807, 2.05) is 25.1 Å². The Morgan fingerprint density at radius 1 is 1.04 bits per heavy atom. The van der Waals surface area contributed by atoms with Crippen LogP contribution in [0, 0.1) is 5.82 Å². The summed E-state index contributed by atoms with van der Waals surface area (Å²) in [6, 6.07) is 6.86.